The Bertz CT molecular complexity index is 539. The number of piperidine rings is 1. The molecule has 1 saturated heterocycles. The lowest BCUT2D eigenvalue weighted by Crippen LogP contribution is -2.52. The summed E-state index contributed by atoms with van der Waals surface area (Å²) in [4.78, 5) is 17.2. The van der Waals surface area contributed by atoms with E-state index in [-0.39, 0.29) is 11.9 Å². The average molecular weight is 305 g/mol. The molecule has 1 aromatic heterocycles. The van der Waals surface area contributed by atoms with Crippen LogP contribution in [0.2, 0.25) is 0 Å². The van der Waals surface area contributed by atoms with Gasteiger partial charge in [0, 0.05) is 19.0 Å². The molecule has 0 radical (unpaired) electrons. The second-order valence-electron chi connectivity index (χ2n) is 6.68. The van der Waals surface area contributed by atoms with Crippen molar-refractivity contribution in [3.8, 4) is 0 Å². The van der Waals surface area contributed by atoms with Crippen LogP contribution in [-0.4, -0.2) is 56.1 Å². The fraction of sp³-hybridized carbons (Fsp3) is 0.812. The summed E-state index contributed by atoms with van der Waals surface area (Å²) in [5.74, 6) is 2.62. The summed E-state index contributed by atoms with van der Waals surface area (Å²) in [5, 5.41) is 8.60. The van der Waals surface area contributed by atoms with Gasteiger partial charge in [-0.05, 0) is 25.9 Å². The molecule has 0 spiro atoms. The minimum atomic E-state index is 0.0674. The van der Waals surface area contributed by atoms with Gasteiger partial charge in [-0.25, -0.2) is 0 Å². The zero-order chi connectivity index (χ0) is 15.7. The third-order valence-electron chi connectivity index (χ3n) is 4.91. The molecule has 0 aromatic carbocycles. The van der Waals surface area contributed by atoms with Crippen LogP contribution in [-0.2, 0) is 17.9 Å². The van der Waals surface area contributed by atoms with E-state index in [4.69, 9.17) is 0 Å². The van der Waals surface area contributed by atoms with Crippen molar-refractivity contribution in [3.63, 3.8) is 0 Å². The Hall–Kier alpha value is -1.43. The molecule has 1 aromatic rings. The van der Waals surface area contributed by atoms with Gasteiger partial charge in [0.1, 0.15) is 5.82 Å². The summed E-state index contributed by atoms with van der Waals surface area (Å²) >= 11 is 0. The van der Waals surface area contributed by atoms with E-state index in [1.807, 2.05) is 4.90 Å². The van der Waals surface area contributed by atoms with Crippen LogP contribution >= 0.6 is 0 Å². The number of likely N-dealkylation sites (N-methyl/N-ethyl adjacent to an activating group) is 1. The second-order valence-corrected chi connectivity index (χ2v) is 6.68. The molecule has 1 amide bonds. The molecule has 22 heavy (non-hydrogen) atoms. The molecular formula is C16H27N5O. The molecule has 122 valence electrons. The van der Waals surface area contributed by atoms with E-state index in [0.29, 0.717) is 12.5 Å². The Morgan fingerprint density at radius 1 is 1.23 bits per heavy atom. The van der Waals surface area contributed by atoms with E-state index in [9.17, 15) is 4.79 Å². The highest BCUT2D eigenvalue weighted by Gasteiger charge is 2.33. The van der Waals surface area contributed by atoms with Crippen molar-refractivity contribution >= 4 is 5.91 Å². The van der Waals surface area contributed by atoms with Crippen LogP contribution in [0.15, 0.2) is 0 Å². The van der Waals surface area contributed by atoms with Crippen LogP contribution in [0.25, 0.3) is 0 Å². The van der Waals surface area contributed by atoms with Crippen LogP contribution in [0.4, 0.5) is 0 Å². The number of hydrogen-bond donors (Lipinski definition) is 0. The lowest BCUT2D eigenvalue weighted by molar-refractivity contribution is -0.139. The summed E-state index contributed by atoms with van der Waals surface area (Å²) in [6.45, 7) is 10.6. The molecule has 0 bridgehead atoms. The summed E-state index contributed by atoms with van der Waals surface area (Å²) in [6, 6.07) is 0.0674. The number of amides is 1. The van der Waals surface area contributed by atoms with Crippen molar-refractivity contribution in [3.05, 3.63) is 11.6 Å². The lowest BCUT2D eigenvalue weighted by Gasteiger charge is -2.38. The number of hydrogen-bond acceptors (Lipinski definition) is 4. The molecule has 3 rings (SSSR count). The normalized spacial score (nSPS) is 22.9. The summed E-state index contributed by atoms with van der Waals surface area (Å²) in [7, 11) is 0. The van der Waals surface area contributed by atoms with E-state index in [2.05, 4.69) is 40.4 Å². The summed E-state index contributed by atoms with van der Waals surface area (Å²) in [6.07, 6.45) is 3.37. The van der Waals surface area contributed by atoms with Crippen LogP contribution < -0.4 is 0 Å². The number of aromatic nitrogens is 3. The zero-order valence-electron chi connectivity index (χ0n) is 14.0. The van der Waals surface area contributed by atoms with Gasteiger partial charge in [0.25, 0.3) is 0 Å². The van der Waals surface area contributed by atoms with Gasteiger partial charge in [-0.3, -0.25) is 9.69 Å². The first-order chi connectivity index (χ1) is 10.6. The first-order valence-corrected chi connectivity index (χ1v) is 8.56. The standard InChI is InChI=1S/C16H27N5O/c1-4-19-8-6-5-7-13(19)16(22)20-9-10-21-14(11-20)17-18-15(21)12(2)3/h12-13H,4-11H2,1-3H3/t13-/m0/s1. The zero-order valence-corrected chi connectivity index (χ0v) is 14.0. The molecule has 0 saturated carbocycles. The van der Waals surface area contributed by atoms with Crippen molar-refractivity contribution in [2.24, 2.45) is 0 Å². The van der Waals surface area contributed by atoms with Crippen molar-refractivity contribution in [2.45, 2.75) is 65.1 Å². The monoisotopic (exact) mass is 305 g/mol. The van der Waals surface area contributed by atoms with E-state index in [1.54, 1.807) is 0 Å². The van der Waals surface area contributed by atoms with Gasteiger partial charge in [-0.2, -0.15) is 0 Å². The molecule has 2 aliphatic rings. The Morgan fingerprint density at radius 3 is 2.77 bits per heavy atom. The molecule has 1 fully saturated rings. The molecule has 6 nitrogen and oxygen atoms in total. The predicted octanol–water partition coefficient (Wildman–Crippen LogP) is 1.62. The first-order valence-electron chi connectivity index (χ1n) is 8.56. The maximum atomic E-state index is 12.9. The average Bonchev–Trinajstić information content (AvgIpc) is 2.97. The van der Waals surface area contributed by atoms with Crippen LogP contribution in [0, 0.1) is 0 Å². The second kappa shape index (κ2) is 6.36. The molecule has 0 aliphatic carbocycles. The Labute approximate surface area is 132 Å². The van der Waals surface area contributed by atoms with Gasteiger partial charge >= 0.3 is 0 Å². The van der Waals surface area contributed by atoms with Gasteiger partial charge in [-0.15, -0.1) is 10.2 Å². The third kappa shape index (κ3) is 2.76. The topological polar surface area (TPSA) is 54.3 Å². The molecule has 0 N–H and O–H groups in total. The SMILES string of the molecule is CCN1CCCC[C@H]1C(=O)N1CCn2c(nnc2C(C)C)C1. The van der Waals surface area contributed by atoms with Crippen molar-refractivity contribution in [2.75, 3.05) is 19.6 Å². The Morgan fingerprint density at radius 2 is 2.05 bits per heavy atom. The van der Waals surface area contributed by atoms with Gasteiger partial charge < -0.3 is 9.47 Å². The number of rotatable bonds is 3. The minimum Gasteiger partial charge on any atom is -0.332 e. The highest BCUT2D eigenvalue weighted by Crippen LogP contribution is 2.22. The van der Waals surface area contributed by atoms with Crippen molar-refractivity contribution in [1.29, 1.82) is 0 Å². The van der Waals surface area contributed by atoms with Gasteiger partial charge in [0.05, 0.1) is 12.6 Å². The Kier molecular flexibility index (Phi) is 4.47. The number of carbonyl (C=O) groups excluding carboxylic acids is 1. The predicted molar refractivity (Wildman–Crippen MR) is 84.4 cm³/mol. The van der Waals surface area contributed by atoms with Crippen LogP contribution in [0.3, 0.4) is 0 Å². The molecule has 1 atom stereocenters. The largest absolute Gasteiger partial charge is 0.332 e. The smallest absolute Gasteiger partial charge is 0.240 e. The van der Waals surface area contributed by atoms with Crippen LogP contribution in [0.5, 0.6) is 0 Å². The highest BCUT2D eigenvalue weighted by atomic mass is 16.2. The number of fused-ring (bicyclic) bond motifs is 1. The first kappa shape index (κ1) is 15.5. The quantitative estimate of drug-likeness (QED) is 0.851. The van der Waals surface area contributed by atoms with E-state index in [1.165, 1.54) is 6.42 Å². The van der Waals surface area contributed by atoms with Crippen molar-refractivity contribution in [1.82, 2.24) is 24.6 Å². The summed E-state index contributed by atoms with van der Waals surface area (Å²) in [5.41, 5.74) is 0. The van der Waals surface area contributed by atoms with E-state index < -0.39 is 0 Å². The molecule has 6 heteroatoms. The van der Waals surface area contributed by atoms with Crippen LogP contribution in [0.1, 0.15) is 57.6 Å². The molecule has 3 heterocycles. The van der Waals surface area contributed by atoms with Gasteiger partial charge in [0.15, 0.2) is 5.82 Å². The van der Waals surface area contributed by atoms with Crippen molar-refractivity contribution < 1.29 is 4.79 Å². The fourth-order valence-electron chi connectivity index (χ4n) is 3.66. The highest BCUT2D eigenvalue weighted by molar-refractivity contribution is 5.82. The third-order valence-corrected chi connectivity index (χ3v) is 4.91. The molecule has 2 aliphatic heterocycles. The maximum Gasteiger partial charge on any atom is 0.240 e. The van der Waals surface area contributed by atoms with Gasteiger partial charge in [0.2, 0.25) is 5.91 Å². The maximum absolute atomic E-state index is 12.9. The van der Waals surface area contributed by atoms with E-state index in [0.717, 1.165) is 50.7 Å². The molecular weight excluding hydrogens is 278 g/mol. The minimum absolute atomic E-state index is 0.0674. The summed E-state index contributed by atoms with van der Waals surface area (Å²) < 4.78 is 2.19. The number of likely N-dealkylation sites (tertiary alicyclic amines) is 1. The number of nitrogens with zero attached hydrogens (tertiary/aromatic N) is 5. The fourth-order valence-corrected chi connectivity index (χ4v) is 3.66. The lowest BCUT2D eigenvalue weighted by atomic mass is 10.0. The van der Waals surface area contributed by atoms with E-state index >= 15 is 0 Å². The van der Waals surface area contributed by atoms with Gasteiger partial charge in [-0.1, -0.05) is 27.2 Å². The number of carbonyl (C=O) groups is 1. The molecule has 0 unspecified atom stereocenters. The Balaban J connectivity index is 1.72.